The summed E-state index contributed by atoms with van der Waals surface area (Å²) in [5.74, 6) is 0.125. The normalized spacial score (nSPS) is 11.8. The Balaban J connectivity index is 3.65. The topological polar surface area (TPSA) is 84.2 Å². The van der Waals surface area contributed by atoms with Gasteiger partial charge in [0.15, 0.2) is 0 Å². The molecule has 0 aliphatic carbocycles. The van der Waals surface area contributed by atoms with Gasteiger partial charge < -0.3 is 5.73 Å². The number of nitrogens with one attached hydrogen (secondary N) is 2. The second-order valence-electron chi connectivity index (χ2n) is 1.80. The monoisotopic (exact) mass is 167 g/mol. The van der Waals surface area contributed by atoms with E-state index in [0.717, 1.165) is 0 Å². The van der Waals surface area contributed by atoms with Gasteiger partial charge in [-0.3, -0.25) is 0 Å². The van der Waals surface area contributed by atoms with E-state index in [1.165, 1.54) is 0 Å². The Morgan fingerprint density at radius 2 is 2.10 bits per heavy atom. The highest BCUT2D eigenvalue weighted by molar-refractivity contribution is 7.89. The Hall–Kier alpha value is -0.170. The second kappa shape index (κ2) is 4.62. The predicted molar refractivity (Wildman–Crippen MR) is 39.4 cm³/mol. The molecule has 0 radical (unpaired) electrons. The number of hydrazine groups is 1. The van der Waals surface area contributed by atoms with Gasteiger partial charge in [0, 0.05) is 0 Å². The number of nitrogens with two attached hydrogens (primary N) is 1. The summed E-state index contributed by atoms with van der Waals surface area (Å²) in [5, 5.41) is 0. The van der Waals surface area contributed by atoms with Crippen LogP contribution in [-0.2, 0) is 10.0 Å². The summed E-state index contributed by atoms with van der Waals surface area (Å²) in [6, 6.07) is 0. The van der Waals surface area contributed by atoms with Gasteiger partial charge in [-0.2, -0.15) is 4.83 Å². The van der Waals surface area contributed by atoms with Gasteiger partial charge in [0.25, 0.3) is 0 Å². The molecule has 0 aromatic carbocycles. The summed E-state index contributed by atoms with van der Waals surface area (Å²) >= 11 is 0. The summed E-state index contributed by atoms with van der Waals surface area (Å²) in [4.78, 5) is 2.11. The number of rotatable bonds is 5. The molecule has 0 saturated carbocycles. The largest absolute Gasteiger partial charge is 0.317 e. The maximum atomic E-state index is 10.8. The molecular weight excluding hydrogens is 154 g/mol. The average Bonchev–Trinajstić information content (AvgIpc) is 1.84. The van der Waals surface area contributed by atoms with Crippen LogP contribution in [0.1, 0.15) is 13.3 Å². The summed E-state index contributed by atoms with van der Waals surface area (Å²) in [5.41, 5.74) is 7.31. The van der Waals surface area contributed by atoms with E-state index in [4.69, 9.17) is 5.73 Å². The highest BCUT2D eigenvalue weighted by Crippen LogP contribution is 1.84. The van der Waals surface area contributed by atoms with Crippen LogP contribution in [0.25, 0.3) is 0 Å². The van der Waals surface area contributed by atoms with Gasteiger partial charge in [0.1, 0.15) is 0 Å². The molecule has 0 aliphatic heterocycles. The summed E-state index contributed by atoms with van der Waals surface area (Å²) in [6.07, 6.45) is 0.599. The first-order valence-corrected chi connectivity index (χ1v) is 4.70. The van der Waals surface area contributed by atoms with Gasteiger partial charge in [-0.15, -0.1) is 0 Å². The van der Waals surface area contributed by atoms with E-state index in [9.17, 15) is 8.42 Å². The zero-order valence-electron chi connectivity index (χ0n) is 5.92. The van der Waals surface area contributed by atoms with E-state index in [2.05, 4.69) is 10.3 Å². The van der Waals surface area contributed by atoms with Gasteiger partial charge in [-0.05, 0) is 6.42 Å². The standard InChI is InChI=1S/C4H13N3O2S/c1-2-3-10(8,9)7-6-4-5/h6-7H,2-5H2,1H3. The third-order valence-electron chi connectivity index (χ3n) is 0.803. The van der Waals surface area contributed by atoms with Crippen LogP contribution in [0, 0.1) is 0 Å². The lowest BCUT2D eigenvalue weighted by atomic mass is 10.6. The maximum absolute atomic E-state index is 10.8. The molecule has 4 N–H and O–H groups in total. The molecule has 10 heavy (non-hydrogen) atoms. The number of hydrogen-bond acceptors (Lipinski definition) is 4. The average molecular weight is 167 g/mol. The Kier molecular flexibility index (Phi) is 4.54. The molecule has 0 rings (SSSR count). The number of sulfonamides is 1. The zero-order valence-corrected chi connectivity index (χ0v) is 6.74. The molecule has 0 aliphatic rings. The first-order chi connectivity index (χ1) is 4.62. The van der Waals surface area contributed by atoms with Crippen molar-refractivity contribution < 1.29 is 8.42 Å². The maximum Gasteiger partial charge on any atom is 0.224 e. The van der Waals surface area contributed by atoms with Crippen molar-refractivity contribution in [3.63, 3.8) is 0 Å². The minimum absolute atomic E-state index is 0.100. The fourth-order valence-corrected chi connectivity index (χ4v) is 1.41. The van der Waals surface area contributed by atoms with Crippen LogP contribution in [0.3, 0.4) is 0 Å². The molecule has 0 saturated heterocycles. The smallest absolute Gasteiger partial charge is 0.224 e. The van der Waals surface area contributed by atoms with E-state index in [1.807, 2.05) is 0 Å². The van der Waals surface area contributed by atoms with Crippen molar-refractivity contribution in [3.8, 4) is 0 Å². The van der Waals surface area contributed by atoms with Crippen molar-refractivity contribution in [3.05, 3.63) is 0 Å². The van der Waals surface area contributed by atoms with Crippen molar-refractivity contribution in [1.82, 2.24) is 10.3 Å². The van der Waals surface area contributed by atoms with Crippen molar-refractivity contribution in [2.24, 2.45) is 5.73 Å². The number of hydrogen-bond donors (Lipinski definition) is 3. The molecule has 0 atom stereocenters. The molecule has 0 heterocycles. The van der Waals surface area contributed by atoms with Crippen LogP contribution in [-0.4, -0.2) is 20.8 Å². The first-order valence-electron chi connectivity index (χ1n) is 3.05. The fraction of sp³-hybridized carbons (Fsp3) is 1.00. The fourth-order valence-electron chi connectivity index (χ4n) is 0.471. The van der Waals surface area contributed by atoms with Crippen molar-refractivity contribution in [2.75, 3.05) is 12.4 Å². The van der Waals surface area contributed by atoms with E-state index in [0.29, 0.717) is 6.42 Å². The lowest BCUT2D eigenvalue weighted by Gasteiger charge is -2.03. The first kappa shape index (κ1) is 9.83. The van der Waals surface area contributed by atoms with Crippen LogP contribution < -0.4 is 16.0 Å². The third-order valence-corrected chi connectivity index (χ3v) is 2.20. The molecule has 0 amide bonds. The third kappa shape index (κ3) is 4.68. The van der Waals surface area contributed by atoms with Crippen molar-refractivity contribution in [1.29, 1.82) is 0 Å². The van der Waals surface area contributed by atoms with Crippen molar-refractivity contribution >= 4 is 10.0 Å². The molecule has 0 unspecified atom stereocenters. The second-order valence-corrected chi connectivity index (χ2v) is 3.64. The van der Waals surface area contributed by atoms with Gasteiger partial charge in [-0.25, -0.2) is 13.8 Å². The van der Waals surface area contributed by atoms with E-state index < -0.39 is 10.0 Å². The highest BCUT2D eigenvalue weighted by Gasteiger charge is 2.05. The Morgan fingerprint density at radius 1 is 1.50 bits per heavy atom. The Bertz CT molecular complexity index is 165. The molecule has 0 aromatic rings. The predicted octanol–water partition coefficient (Wildman–Crippen LogP) is -1.26. The van der Waals surface area contributed by atoms with Gasteiger partial charge in [0.05, 0.1) is 12.4 Å². The van der Waals surface area contributed by atoms with E-state index in [1.54, 1.807) is 6.92 Å². The van der Waals surface area contributed by atoms with E-state index >= 15 is 0 Å². The lowest BCUT2D eigenvalue weighted by Crippen LogP contribution is -2.41. The molecule has 5 nitrogen and oxygen atoms in total. The molecule has 0 spiro atoms. The summed E-state index contributed by atoms with van der Waals surface area (Å²) in [6.45, 7) is 1.89. The molecule has 6 heteroatoms. The van der Waals surface area contributed by atoms with Gasteiger partial charge in [-0.1, -0.05) is 6.92 Å². The quantitative estimate of drug-likeness (QED) is 0.352. The summed E-state index contributed by atoms with van der Waals surface area (Å²) < 4.78 is 21.5. The van der Waals surface area contributed by atoms with Crippen LogP contribution in [0.5, 0.6) is 0 Å². The minimum atomic E-state index is -3.13. The summed E-state index contributed by atoms with van der Waals surface area (Å²) in [7, 11) is -3.13. The van der Waals surface area contributed by atoms with E-state index in [-0.39, 0.29) is 12.4 Å². The lowest BCUT2D eigenvalue weighted by molar-refractivity contribution is 0.557. The van der Waals surface area contributed by atoms with Crippen LogP contribution in [0.2, 0.25) is 0 Å². The minimum Gasteiger partial charge on any atom is -0.317 e. The molecular formula is C4H13N3O2S. The van der Waals surface area contributed by atoms with Gasteiger partial charge in [0.2, 0.25) is 10.0 Å². The molecule has 0 fully saturated rings. The molecule has 0 aromatic heterocycles. The van der Waals surface area contributed by atoms with Crippen LogP contribution in [0.15, 0.2) is 0 Å². The van der Waals surface area contributed by atoms with Crippen LogP contribution >= 0.6 is 0 Å². The zero-order chi connectivity index (χ0) is 8.04. The highest BCUT2D eigenvalue weighted by atomic mass is 32.2. The van der Waals surface area contributed by atoms with Gasteiger partial charge >= 0.3 is 0 Å². The Labute approximate surface area is 61.0 Å². The van der Waals surface area contributed by atoms with Crippen LogP contribution in [0.4, 0.5) is 0 Å². The molecule has 62 valence electrons. The Morgan fingerprint density at radius 3 is 2.50 bits per heavy atom. The van der Waals surface area contributed by atoms with Crippen molar-refractivity contribution in [2.45, 2.75) is 13.3 Å². The molecule has 0 bridgehead atoms. The SMILES string of the molecule is CCCS(=O)(=O)NNCN.